The Bertz CT molecular complexity index is 934. The molecule has 5 heteroatoms. The Morgan fingerprint density at radius 1 is 1.32 bits per heavy atom. The third kappa shape index (κ3) is 2.91. The second-order valence-corrected chi connectivity index (χ2v) is 6.70. The zero-order valence-electron chi connectivity index (χ0n) is 14.0. The van der Waals surface area contributed by atoms with Crippen molar-refractivity contribution in [1.29, 1.82) is 0 Å². The molecule has 3 aromatic rings. The molecule has 2 heterocycles. The van der Waals surface area contributed by atoms with E-state index in [0.29, 0.717) is 12.4 Å². The van der Waals surface area contributed by atoms with Crippen LogP contribution in [0.4, 0.5) is 0 Å². The maximum Gasteiger partial charge on any atom is 0.238 e. The molecule has 25 heavy (non-hydrogen) atoms. The standard InChI is InChI=1S/C20H19ClN2O2/c1-13-5-2-3-6-15(13)14-8-9-18-16(11-14)22-20(25-18)17-7-4-10-23(17)19(24)12-21/h2-3,5-6,8-9,11,17H,4,7,10,12H2,1H3/t17-/m0/s1. The van der Waals surface area contributed by atoms with Crippen LogP contribution in [0.5, 0.6) is 0 Å². The highest BCUT2D eigenvalue weighted by atomic mass is 35.5. The molecule has 0 unspecified atom stereocenters. The van der Waals surface area contributed by atoms with Crippen molar-refractivity contribution in [1.82, 2.24) is 9.88 Å². The van der Waals surface area contributed by atoms with E-state index in [2.05, 4.69) is 30.1 Å². The molecule has 1 fully saturated rings. The number of oxazole rings is 1. The van der Waals surface area contributed by atoms with Gasteiger partial charge in [-0.25, -0.2) is 4.98 Å². The number of carbonyl (C=O) groups is 1. The molecule has 0 radical (unpaired) electrons. The summed E-state index contributed by atoms with van der Waals surface area (Å²) >= 11 is 5.72. The summed E-state index contributed by atoms with van der Waals surface area (Å²) in [6, 6.07) is 14.2. The molecule has 128 valence electrons. The van der Waals surface area contributed by atoms with Crippen molar-refractivity contribution in [3.63, 3.8) is 0 Å². The molecule has 0 N–H and O–H groups in total. The van der Waals surface area contributed by atoms with Crippen LogP contribution in [0.15, 0.2) is 46.9 Å². The van der Waals surface area contributed by atoms with Crippen LogP contribution in [0.1, 0.15) is 30.3 Å². The van der Waals surface area contributed by atoms with E-state index in [1.165, 1.54) is 11.1 Å². The number of amides is 1. The minimum Gasteiger partial charge on any atom is -0.438 e. The summed E-state index contributed by atoms with van der Waals surface area (Å²) in [7, 11) is 0. The highest BCUT2D eigenvalue weighted by Crippen LogP contribution is 2.34. The maximum absolute atomic E-state index is 12.0. The van der Waals surface area contributed by atoms with E-state index in [1.54, 1.807) is 4.90 Å². The average molecular weight is 355 g/mol. The molecule has 1 aromatic heterocycles. The zero-order chi connectivity index (χ0) is 17.4. The van der Waals surface area contributed by atoms with Crippen LogP contribution in [0.25, 0.3) is 22.2 Å². The first-order valence-electron chi connectivity index (χ1n) is 8.49. The van der Waals surface area contributed by atoms with E-state index in [4.69, 9.17) is 16.0 Å². The molecule has 0 bridgehead atoms. The van der Waals surface area contributed by atoms with Crippen molar-refractivity contribution < 1.29 is 9.21 Å². The summed E-state index contributed by atoms with van der Waals surface area (Å²) in [5, 5.41) is 0. The Morgan fingerprint density at radius 3 is 2.96 bits per heavy atom. The third-order valence-electron chi connectivity index (χ3n) is 4.83. The molecule has 0 aliphatic carbocycles. The van der Waals surface area contributed by atoms with Gasteiger partial charge in [0.25, 0.3) is 0 Å². The number of aryl methyl sites for hydroxylation is 1. The summed E-state index contributed by atoms with van der Waals surface area (Å²) in [4.78, 5) is 18.5. The van der Waals surface area contributed by atoms with E-state index in [0.717, 1.165) is 29.5 Å². The van der Waals surface area contributed by atoms with Gasteiger partial charge in [0.15, 0.2) is 5.58 Å². The summed E-state index contributed by atoms with van der Waals surface area (Å²) in [6.45, 7) is 2.81. The van der Waals surface area contributed by atoms with Crippen molar-refractivity contribution in [2.75, 3.05) is 12.4 Å². The fraction of sp³-hybridized carbons (Fsp3) is 0.300. The number of nitrogens with zero attached hydrogens (tertiary/aromatic N) is 2. The number of likely N-dealkylation sites (tertiary alicyclic amines) is 1. The molecule has 4 nitrogen and oxygen atoms in total. The predicted molar refractivity (Wildman–Crippen MR) is 98.6 cm³/mol. The van der Waals surface area contributed by atoms with Gasteiger partial charge in [-0.3, -0.25) is 4.79 Å². The van der Waals surface area contributed by atoms with Crippen LogP contribution in [-0.4, -0.2) is 28.2 Å². The fourth-order valence-electron chi connectivity index (χ4n) is 3.55. The number of benzene rings is 2. The number of alkyl halides is 1. The van der Waals surface area contributed by atoms with Crippen LogP contribution >= 0.6 is 11.6 Å². The molecule has 4 rings (SSSR count). The van der Waals surface area contributed by atoms with Crippen molar-refractivity contribution in [3.05, 3.63) is 53.9 Å². The quantitative estimate of drug-likeness (QED) is 0.640. The van der Waals surface area contributed by atoms with E-state index >= 15 is 0 Å². The van der Waals surface area contributed by atoms with Crippen LogP contribution in [0.3, 0.4) is 0 Å². The second-order valence-electron chi connectivity index (χ2n) is 6.43. The van der Waals surface area contributed by atoms with Gasteiger partial charge >= 0.3 is 0 Å². The monoisotopic (exact) mass is 354 g/mol. The van der Waals surface area contributed by atoms with Crippen LogP contribution in [-0.2, 0) is 4.79 Å². The van der Waals surface area contributed by atoms with E-state index in [-0.39, 0.29) is 17.8 Å². The summed E-state index contributed by atoms with van der Waals surface area (Å²) in [5.74, 6) is 0.536. The third-order valence-corrected chi connectivity index (χ3v) is 5.06. The maximum atomic E-state index is 12.0. The average Bonchev–Trinajstić information content (AvgIpc) is 3.27. The lowest BCUT2D eigenvalue weighted by Crippen LogP contribution is -2.31. The first-order valence-corrected chi connectivity index (χ1v) is 9.03. The Hall–Kier alpha value is -2.33. The van der Waals surface area contributed by atoms with E-state index in [1.807, 2.05) is 24.3 Å². The Morgan fingerprint density at radius 2 is 2.16 bits per heavy atom. The molecule has 2 aromatic carbocycles. The molecular weight excluding hydrogens is 336 g/mol. The number of aromatic nitrogens is 1. The SMILES string of the molecule is Cc1ccccc1-c1ccc2oc([C@@H]3CCCN3C(=O)CCl)nc2c1. The van der Waals surface area contributed by atoms with Gasteiger partial charge in [-0.05, 0) is 48.6 Å². The lowest BCUT2D eigenvalue weighted by atomic mass is 10.0. The topological polar surface area (TPSA) is 46.3 Å². The number of halogens is 1. The van der Waals surface area contributed by atoms with E-state index in [9.17, 15) is 4.79 Å². The summed E-state index contributed by atoms with van der Waals surface area (Å²) in [5.41, 5.74) is 5.10. The summed E-state index contributed by atoms with van der Waals surface area (Å²) in [6.07, 6.45) is 1.81. The van der Waals surface area contributed by atoms with Crippen LogP contribution in [0, 0.1) is 6.92 Å². The molecule has 1 saturated heterocycles. The van der Waals surface area contributed by atoms with Gasteiger partial charge in [-0.15, -0.1) is 11.6 Å². The van der Waals surface area contributed by atoms with Gasteiger partial charge in [0.1, 0.15) is 17.4 Å². The molecule has 1 amide bonds. The van der Waals surface area contributed by atoms with Crippen molar-refractivity contribution in [2.45, 2.75) is 25.8 Å². The van der Waals surface area contributed by atoms with Crippen molar-refractivity contribution in [3.8, 4) is 11.1 Å². The normalized spacial score (nSPS) is 17.4. The van der Waals surface area contributed by atoms with Crippen molar-refractivity contribution in [2.24, 2.45) is 0 Å². The number of rotatable bonds is 3. The number of carbonyl (C=O) groups excluding carboxylic acids is 1. The molecule has 1 aliphatic heterocycles. The molecule has 0 spiro atoms. The highest BCUT2D eigenvalue weighted by Gasteiger charge is 2.33. The minimum absolute atomic E-state index is 0.00579. The van der Waals surface area contributed by atoms with Gasteiger partial charge in [0.05, 0.1) is 0 Å². The molecule has 1 aliphatic rings. The summed E-state index contributed by atoms with van der Waals surface area (Å²) < 4.78 is 5.95. The Kier molecular flexibility index (Phi) is 4.22. The van der Waals surface area contributed by atoms with Crippen LogP contribution in [0.2, 0.25) is 0 Å². The largest absolute Gasteiger partial charge is 0.438 e. The van der Waals surface area contributed by atoms with E-state index < -0.39 is 0 Å². The smallest absolute Gasteiger partial charge is 0.238 e. The lowest BCUT2D eigenvalue weighted by molar-refractivity contribution is -0.129. The lowest BCUT2D eigenvalue weighted by Gasteiger charge is -2.20. The predicted octanol–water partition coefficient (Wildman–Crippen LogP) is 4.71. The van der Waals surface area contributed by atoms with Gasteiger partial charge in [0.2, 0.25) is 11.8 Å². The fourth-order valence-corrected chi connectivity index (χ4v) is 3.70. The number of hydrogen-bond donors (Lipinski definition) is 0. The van der Waals surface area contributed by atoms with Crippen LogP contribution < -0.4 is 0 Å². The number of hydrogen-bond acceptors (Lipinski definition) is 3. The molecule has 0 saturated carbocycles. The van der Waals surface area contributed by atoms with Crippen molar-refractivity contribution >= 4 is 28.6 Å². The number of fused-ring (bicyclic) bond motifs is 1. The zero-order valence-corrected chi connectivity index (χ0v) is 14.8. The molecular formula is C20H19ClN2O2. The Balaban J connectivity index is 1.71. The van der Waals surface area contributed by atoms with Gasteiger partial charge < -0.3 is 9.32 Å². The van der Waals surface area contributed by atoms with Gasteiger partial charge in [0, 0.05) is 6.54 Å². The second kappa shape index (κ2) is 6.52. The molecule has 1 atom stereocenters. The Labute approximate surface area is 151 Å². The highest BCUT2D eigenvalue weighted by molar-refractivity contribution is 6.27. The van der Waals surface area contributed by atoms with Gasteiger partial charge in [-0.2, -0.15) is 0 Å². The minimum atomic E-state index is -0.111. The van der Waals surface area contributed by atoms with Gasteiger partial charge in [-0.1, -0.05) is 30.3 Å². The first kappa shape index (κ1) is 16.2. The first-order chi connectivity index (χ1) is 12.2.